The van der Waals surface area contributed by atoms with E-state index in [0.717, 1.165) is 11.1 Å². The molecule has 1 saturated heterocycles. The van der Waals surface area contributed by atoms with Crippen molar-refractivity contribution in [2.45, 2.75) is 51.5 Å². The molecule has 2 aromatic rings. The van der Waals surface area contributed by atoms with Crippen LogP contribution in [0.1, 0.15) is 45.2 Å². The second-order valence-electron chi connectivity index (χ2n) is 9.58. The van der Waals surface area contributed by atoms with E-state index in [1.54, 1.807) is 17.0 Å². The van der Waals surface area contributed by atoms with Crippen molar-refractivity contribution < 1.29 is 14.1 Å². The molecule has 0 radical (unpaired) electrons. The molecule has 0 bridgehead atoms. The number of hydrogen-bond acceptors (Lipinski definition) is 3. The summed E-state index contributed by atoms with van der Waals surface area (Å²) in [6.45, 7) is 8.69. The Balaban J connectivity index is 1.71. The van der Waals surface area contributed by atoms with Crippen molar-refractivity contribution in [1.29, 1.82) is 0 Å². The minimum atomic E-state index is -1.37. The minimum absolute atomic E-state index is 0.0255. The number of piperidine rings is 1. The van der Waals surface area contributed by atoms with Gasteiger partial charge in [-0.15, -0.1) is 0 Å². The molecule has 1 aliphatic heterocycles. The fourth-order valence-electron chi connectivity index (χ4n) is 4.35. The standard InChI is InChI=1S/C25H33ClN2O3S/c1-18(2)22(27-32(31)16-19-8-6-5-7-9-19)23(29)28-15-14-25(30,24(3,4)17-28)20-10-12-21(26)13-11-20/h5-13,18,22,27,30H,14-17H2,1-4H3/t22-,25+,32?/m1/s1. The molecule has 2 N–H and O–H groups in total. The minimum Gasteiger partial charge on any atom is -0.384 e. The first-order valence-corrected chi connectivity index (χ1v) is 12.7. The number of carbonyl (C=O) groups is 1. The van der Waals surface area contributed by atoms with Crippen molar-refractivity contribution in [3.63, 3.8) is 0 Å². The van der Waals surface area contributed by atoms with E-state index in [0.29, 0.717) is 30.3 Å². The molecule has 0 aliphatic carbocycles. The molecule has 174 valence electrons. The summed E-state index contributed by atoms with van der Waals surface area (Å²) in [5.41, 5.74) is 0.131. The topological polar surface area (TPSA) is 69.6 Å². The molecular formula is C25H33ClN2O3S. The van der Waals surface area contributed by atoms with Crippen molar-refractivity contribution in [1.82, 2.24) is 9.62 Å². The van der Waals surface area contributed by atoms with Gasteiger partial charge in [-0.25, -0.2) is 8.93 Å². The summed E-state index contributed by atoms with van der Waals surface area (Å²) in [5, 5.41) is 12.2. The van der Waals surface area contributed by atoms with Gasteiger partial charge in [-0.3, -0.25) is 4.79 Å². The first-order valence-electron chi connectivity index (χ1n) is 11.0. The van der Waals surface area contributed by atoms with Gasteiger partial charge in [0.15, 0.2) is 0 Å². The molecule has 1 amide bonds. The van der Waals surface area contributed by atoms with Crippen LogP contribution in [-0.2, 0) is 27.1 Å². The third-order valence-corrected chi connectivity index (χ3v) is 7.78. The van der Waals surface area contributed by atoms with E-state index in [-0.39, 0.29) is 11.8 Å². The zero-order valence-electron chi connectivity index (χ0n) is 19.2. The Kier molecular flexibility index (Phi) is 7.81. The van der Waals surface area contributed by atoms with Gasteiger partial charge in [0.05, 0.1) is 22.3 Å². The lowest BCUT2D eigenvalue weighted by Crippen LogP contribution is -2.60. The van der Waals surface area contributed by atoms with E-state index in [1.807, 2.05) is 70.2 Å². The zero-order chi connectivity index (χ0) is 23.5. The molecule has 1 fully saturated rings. The number of halogens is 1. The van der Waals surface area contributed by atoms with Gasteiger partial charge in [0.1, 0.15) is 6.04 Å². The third kappa shape index (κ3) is 5.42. The van der Waals surface area contributed by atoms with Crippen molar-refractivity contribution in [2.75, 3.05) is 13.1 Å². The van der Waals surface area contributed by atoms with Crippen LogP contribution in [0.5, 0.6) is 0 Å². The summed E-state index contributed by atoms with van der Waals surface area (Å²) in [4.78, 5) is 15.2. The molecule has 1 heterocycles. The molecule has 32 heavy (non-hydrogen) atoms. The van der Waals surface area contributed by atoms with Crippen LogP contribution in [0.2, 0.25) is 5.02 Å². The maximum absolute atomic E-state index is 13.4. The quantitative estimate of drug-likeness (QED) is 0.627. The van der Waals surface area contributed by atoms with Crippen LogP contribution in [0.25, 0.3) is 0 Å². The van der Waals surface area contributed by atoms with Gasteiger partial charge in [0, 0.05) is 23.5 Å². The monoisotopic (exact) mass is 476 g/mol. The van der Waals surface area contributed by atoms with E-state index in [2.05, 4.69) is 4.72 Å². The highest BCUT2D eigenvalue weighted by Gasteiger charge is 2.50. The van der Waals surface area contributed by atoms with E-state index < -0.39 is 28.0 Å². The van der Waals surface area contributed by atoms with Crippen molar-refractivity contribution >= 4 is 28.5 Å². The van der Waals surface area contributed by atoms with Crippen LogP contribution < -0.4 is 4.72 Å². The molecule has 5 nitrogen and oxygen atoms in total. The van der Waals surface area contributed by atoms with Gasteiger partial charge >= 0.3 is 0 Å². The number of likely N-dealkylation sites (tertiary alicyclic amines) is 1. The maximum atomic E-state index is 13.4. The lowest BCUT2D eigenvalue weighted by molar-refractivity contribution is -0.155. The maximum Gasteiger partial charge on any atom is 0.240 e. The van der Waals surface area contributed by atoms with E-state index >= 15 is 0 Å². The summed E-state index contributed by atoms with van der Waals surface area (Å²) >= 11 is 6.02. The normalized spacial score (nSPS) is 22.5. The summed E-state index contributed by atoms with van der Waals surface area (Å²) in [6.07, 6.45) is 0.422. The van der Waals surface area contributed by atoms with Crippen LogP contribution in [0, 0.1) is 11.3 Å². The van der Waals surface area contributed by atoms with Gasteiger partial charge < -0.3 is 10.0 Å². The van der Waals surface area contributed by atoms with Gasteiger partial charge in [-0.2, -0.15) is 0 Å². The summed E-state index contributed by atoms with van der Waals surface area (Å²) in [6, 6.07) is 16.3. The second kappa shape index (κ2) is 10.0. The Hall–Kier alpha value is -1.73. The number of nitrogens with one attached hydrogen (secondary N) is 1. The number of carbonyl (C=O) groups excluding carboxylic acids is 1. The molecule has 2 aromatic carbocycles. The van der Waals surface area contributed by atoms with E-state index in [9.17, 15) is 14.1 Å². The van der Waals surface area contributed by atoms with Gasteiger partial charge in [-0.1, -0.05) is 81.8 Å². The van der Waals surface area contributed by atoms with Crippen LogP contribution in [0.3, 0.4) is 0 Å². The lowest BCUT2D eigenvalue weighted by Gasteiger charge is -2.51. The molecule has 7 heteroatoms. The highest BCUT2D eigenvalue weighted by molar-refractivity contribution is 7.82. The Morgan fingerprint density at radius 3 is 2.34 bits per heavy atom. The molecule has 1 aliphatic rings. The number of benzene rings is 2. The zero-order valence-corrected chi connectivity index (χ0v) is 20.7. The largest absolute Gasteiger partial charge is 0.384 e. The Morgan fingerprint density at radius 1 is 1.16 bits per heavy atom. The van der Waals surface area contributed by atoms with Crippen molar-refractivity contribution in [3.05, 3.63) is 70.7 Å². The Labute approximate surface area is 198 Å². The van der Waals surface area contributed by atoms with E-state index in [1.165, 1.54) is 0 Å². The molecule has 3 rings (SSSR count). The molecule has 1 unspecified atom stereocenters. The molecular weight excluding hydrogens is 444 g/mol. The predicted molar refractivity (Wildman–Crippen MR) is 130 cm³/mol. The summed E-state index contributed by atoms with van der Waals surface area (Å²) < 4.78 is 15.8. The third-order valence-electron chi connectivity index (χ3n) is 6.41. The van der Waals surface area contributed by atoms with Crippen molar-refractivity contribution in [3.8, 4) is 0 Å². The Morgan fingerprint density at radius 2 is 1.78 bits per heavy atom. The SMILES string of the molecule is CC(C)[C@@H](NS(=O)Cc1ccccc1)C(=O)N1CC[C@](O)(c2ccc(Cl)cc2)C(C)(C)C1. The van der Waals surface area contributed by atoms with E-state index in [4.69, 9.17) is 11.6 Å². The van der Waals surface area contributed by atoms with Gasteiger partial charge in [0.2, 0.25) is 5.91 Å². The van der Waals surface area contributed by atoms with Crippen LogP contribution in [0.15, 0.2) is 54.6 Å². The number of rotatable bonds is 7. The van der Waals surface area contributed by atoms with Crippen molar-refractivity contribution in [2.24, 2.45) is 11.3 Å². The average Bonchev–Trinajstić information content (AvgIpc) is 2.74. The molecule has 3 atom stereocenters. The lowest BCUT2D eigenvalue weighted by atomic mass is 9.66. The predicted octanol–water partition coefficient (Wildman–Crippen LogP) is 4.26. The average molecular weight is 477 g/mol. The van der Waals surface area contributed by atoms with Crippen LogP contribution in [0.4, 0.5) is 0 Å². The Bertz CT molecular complexity index is 949. The molecule has 0 saturated carbocycles. The molecule has 0 aromatic heterocycles. The number of nitrogens with zero attached hydrogens (tertiary/aromatic N) is 1. The number of amides is 1. The second-order valence-corrected chi connectivity index (χ2v) is 11.2. The summed E-state index contributed by atoms with van der Waals surface area (Å²) in [5.74, 6) is 0.245. The first kappa shape index (κ1) is 24.9. The highest BCUT2D eigenvalue weighted by Crippen LogP contribution is 2.46. The molecule has 0 spiro atoms. The van der Waals surface area contributed by atoms with Crippen LogP contribution >= 0.6 is 11.6 Å². The highest BCUT2D eigenvalue weighted by atomic mass is 35.5. The van der Waals surface area contributed by atoms with Crippen LogP contribution in [-0.4, -0.2) is 39.3 Å². The first-order chi connectivity index (χ1) is 15.0. The van der Waals surface area contributed by atoms with Gasteiger partial charge in [-0.05, 0) is 35.6 Å². The number of aliphatic hydroxyl groups is 1. The number of hydrogen-bond donors (Lipinski definition) is 2. The smallest absolute Gasteiger partial charge is 0.240 e. The fourth-order valence-corrected chi connectivity index (χ4v) is 5.71. The fraction of sp³-hybridized carbons (Fsp3) is 0.480. The van der Waals surface area contributed by atoms with Gasteiger partial charge in [0.25, 0.3) is 0 Å². The summed E-state index contributed by atoms with van der Waals surface area (Å²) in [7, 11) is -1.37.